The van der Waals surface area contributed by atoms with E-state index in [0.29, 0.717) is 5.03 Å². The molecule has 0 aliphatic carbocycles. The lowest BCUT2D eigenvalue weighted by Crippen LogP contribution is -2.32. The maximum absolute atomic E-state index is 12.7. The van der Waals surface area contributed by atoms with Crippen LogP contribution >= 0.6 is 15.9 Å². The van der Waals surface area contributed by atoms with Gasteiger partial charge in [-0.3, -0.25) is 0 Å². The predicted octanol–water partition coefficient (Wildman–Crippen LogP) is 2.63. The lowest BCUT2D eigenvalue weighted by Gasteiger charge is -1.98. The van der Waals surface area contributed by atoms with E-state index in [0.717, 1.165) is 20.8 Å². The summed E-state index contributed by atoms with van der Waals surface area (Å²) in [6, 6.07) is 15.0. The molecule has 0 saturated heterocycles. The van der Waals surface area contributed by atoms with E-state index in [1.165, 1.54) is 0 Å². The largest absolute Gasteiger partial charge is 0.497 e. The summed E-state index contributed by atoms with van der Waals surface area (Å²) in [6.07, 6.45) is 1.78. The van der Waals surface area contributed by atoms with Crippen LogP contribution in [-0.2, 0) is 17.8 Å². The summed E-state index contributed by atoms with van der Waals surface area (Å²) in [4.78, 5) is 0.734. The number of nitrogens with zero attached hydrogens (tertiary/aromatic N) is 3. The number of aryl methyl sites for hydroxylation is 1. The van der Waals surface area contributed by atoms with Gasteiger partial charge in [-0.05, 0) is 48.5 Å². The minimum absolute atomic E-state index is 0.628. The highest BCUT2D eigenvalue weighted by molar-refractivity contribution is 9.10. The number of halogens is 1. The van der Waals surface area contributed by atoms with Crippen molar-refractivity contribution >= 4 is 26.7 Å². The maximum atomic E-state index is 12.7. The van der Waals surface area contributed by atoms with Crippen LogP contribution in [0.15, 0.2) is 69.1 Å². The molecule has 0 aliphatic heterocycles. The molecule has 0 spiro atoms. The monoisotopic (exact) mass is 392 g/mol. The first kappa shape index (κ1) is 15.9. The highest BCUT2D eigenvalue weighted by Gasteiger charge is 2.21. The zero-order valence-corrected chi connectivity index (χ0v) is 15.0. The van der Waals surface area contributed by atoms with E-state index in [9.17, 15) is 4.21 Å². The molecule has 1 unspecified atom stereocenters. The molecule has 0 saturated carbocycles. The zero-order valence-electron chi connectivity index (χ0n) is 12.6. The molecular formula is C16H15BrN3O2S+. The fraction of sp³-hybridized carbons (Fsp3) is 0.125. The first-order chi connectivity index (χ1) is 11.1. The second-order valence-electron chi connectivity index (χ2n) is 4.85. The van der Waals surface area contributed by atoms with E-state index in [-0.39, 0.29) is 0 Å². The Morgan fingerprint density at radius 2 is 1.78 bits per heavy atom. The number of hydrogen-bond donors (Lipinski definition) is 0. The van der Waals surface area contributed by atoms with Crippen LogP contribution in [0.4, 0.5) is 0 Å². The van der Waals surface area contributed by atoms with Gasteiger partial charge in [0.2, 0.25) is 0 Å². The molecule has 0 N–H and O–H groups in total. The van der Waals surface area contributed by atoms with Gasteiger partial charge in [-0.15, -0.1) is 9.36 Å². The Labute approximate surface area is 145 Å². The van der Waals surface area contributed by atoms with Crippen LogP contribution in [0.1, 0.15) is 0 Å². The van der Waals surface area contributed by atoms with E-state index in [4.69, 9.17) is 4.74 Å². The molecule has 0 aliphatic rings. The van der Waals surface area contributed by atoms with E-state index in [1.54, 1.807) is 29.7 Å². The Morgan fingerprint density at radius 1 is 1.13 bits per heavy atom. The van der Waals surface area contributed by atoms with Crippen LogP contribution in [0.5, 0.6) is 5.75 Å². The van der Waals surface area contributed by atoms with Gasteiger partial charge in [0.05, 0.1) is 12.3 Å². The van der Waals surface area contributed by atoms with Crippen molar-refractivity contribution in [1.82, 2.24) is 9.90 Å². The quantitative estimate of drug-likeness (QED) is 0.641. The molecule has 3 rings (SSSR count). The molecular weight excluding hydrogens is 378 g/mol. The predicted molar refractivity (Wildman–Crippen MR) is 90.1 cm³/mol. The number of methoxy groups -OCH3 is 1. The molecule has 0 fully saturated rings. The topological polar surface area (TPSA) is 48.0 Å². The molecule has 0 bridgehead atoms. The Morgan fingerprint density at radius 3 is 2.39 bits per heavy atom. The van der Waals surface area contributed by atoms with Crippen LogP contribution in [0.3, 0.4) is 0 Å². The van der Waals surface area contributed by atoms with Gasteiger partial charge in [0.15, 0.2) is 11.9 Å². The molecule has 7 heteroatoms. The minimum Gasteiger partial charge on any atom is -0.497 e. The number of aromatic nitrogens is 3. The fourth-order valence-corrected chi connectivity index (χ4v) is 3.47. The summed E-state index contributed by atoms with van der Waals surface area (Å²) in [5.41, 5.74) is 0.875. The third kappa shape index (κ3) is 3.35. The molecule has 1 aromatic heterocycles. The lowest BCUT2D eigenvalue weighted by atomic mass is 10.3. The van der Waals surface area contributed by atoms with Crippen molar-refractivity contribution in [2.24, 2.45) is 7.05 Å². The SMILES string of the molecule is COc1ccc(-[n+]2cc(S(=O)c3ccc(Br)cc3)n(C)n2)cc1. The van der Waals surface area contributed by atoms with E-state index < -0.39 is 10.8 Å². The van der Waals surface area contributed by atoms with Crippen molar-refractivity contribution in [3.05, 3.63) is 59.2 Å². The van der Waals surface area contributed by atoms with Gasteiger partial charge in [0, 0.05) is 9.37 Å². The second kappa shape index (κ2) is 6.64. The number of ether oxygens (including phenoxy) is 1. The molecule has 118 valence electrons. The van der Waals surface area contributed by atoms with Gasteiger partial charge in [0.1, 0.15) is 23.6 Å². The highest BCUT2D eigenvalue weighted by Crippen LogP contribution is 2.18. The van der Waals surface area contributed by atoms with Crippen molar-refractivity contribution in [3.8, 4) is 11.4 Å². The summed E-state index contributed by atoms with van der Waals surface area (Å²) < 4.78 is 22.2. The van der Waals surface area contributed by atoms with Crippen LogP contribution in [0, 0.1) is 0 Å². The first-order valence-electron chi connectivity index (χ1n) is 6.86. The van der Waals surface area contributed by atoms with Crippen molar-refractivity contribution in [1.29, 1.82) is 0 Å². The highest BCUT2D eigenvalue weighted by atomic mass is 79.9. The summed E-state index contributed by atoms with van der Waals surface area (Å²) in [7, 11) is 2.12. The van der Waals surface area contributed by atoms with E-state index >= 15 is 0 Å². The van der Waals surface area contributed by atoms with E-state index in [1.807, 2.05) is 48.5 Å². The molecule has 3 aromatic rings. The van der Waals surface area contributed by atoms with Crippen molar-refractivity contribution in [3.63, 3.8) is 0 Å². The Kier molecular flexibility index (Phi) is 4.58. The summed E-state index contributed by atoms with van der Waals surface area (Å²) in [5, 5.41) is 5.02. The molecule has 5 nitrogen and oxygen atoms in total. The Hall–Kier alpha value is -1.99. The summed E-state index contributed by atoms with van der Waals surface area (Å²) >= 11 is 3.38. The third-order valence-electron chi connectivity index (χ3n) is 3.34. The Bertz CT molecular complexity index is 845. The van der Waals surface area contributed by atoms with Crippen LogP contribution < -0.4 is 9.42 Å². The molecule has 23 heavy (non-hydrogen) atoms. The standard InChI is InChI=1S/C16H15BrN3O2S/c1-19-16(23(21)15-9-3-12(17)4-10-15)11-20(18-19)13-5-7-14(22-2)8-6-13/h3-11H,1-2H3/q+1. The second-order valence-corrected chi connectivity index (χ2v) is 7.19. The molecule has 1 heterocycles. The van der Waals surface area contributed by atoms with Gasteiger partial charge in [-0.2, -0.15) is 0 Å². The molecule has 0 radical (unpaired) electrons. The number of benzene rings is 2. The first-order valence-corrected chi connectivity index (χ1v) is 8.80. The fourth-order valence-electron chi connectivity index (χ4n) is 2.11. The van der Waals surface area contributed by atoms with Crippen LogP contribution in [-0.4, -0.2) is 21.2 Å². The summed E-state index contributed by atoms with van der Waals surface area (Å²) in [5.74, 6) is 0.781. The third-order valence-corrected chi connectivity index (χ3v) is 5.32. The summed E-state index contributed by atoms with van der Waals surface area (Å²) in [6.45, 7) is 0. The van der Waals surface area contributed by atoms with Gasteiger partial charge < -0.3 is 4.74 Å². The maximum Gasteiger partial charge on any atom is 0.259 e. The zero-order chi connectivity index (χ0) is 16.4. The van der Waals surface area contributed by atoms with E-state index in [2.05, 4.69) is 21.1 Å². The van der Waals surface area contributed by atoms with Crippen LogP contribution in [0.25, 0.3) is 5.69 Å². The lowest BCUT2D eigenvalue weighted by molar-refractivity contribution is -0.662. The smallest absolute Gasteiger partial charge is 0.259 e. The molecule has 2 aromatic carbocycles. The minimum atomic E-state index is -1.29. The van der Waals surface area contributed by atoms with Gasteiger partial charge in [-0.1, -0.05) is 15.9 Å². The van der Waals surface area contributed by atoms with Gasteiger partial charge in [0.25, 0.3) is 5.03 Å². The average Bonchev–Trinajstić information content (AvgIpc) is 2.97. The van der Waals surface area contributed by atoms with Crippen molar-refractivity contribution < 1.29 is 13.6 Å². The number of hydrogen-bond acceptors (Lipinski definition) is 3. The molecule has 1 atom stereocenters. The Balaban J connectivity index is 1.93. The molecule has 0 amide bonds. The van der Waals surface area contributed by atoms with Gasteiger partial charge in [-0.25, -0.2) is 4.21 Å². The van der Waals surface area contributed by atoms with Crippen LogP contribution in [0.2, 0.25) is 0 Å². The van der Waals surface area contributed by atoms with Gasteiger partial charge >= 0.3 is 0 Å². The average molecular weight is 393 g/mol. The normalized spacial score (nSPS) is 12.1. The van der Waals surface area contributed by atoms with Crippen molar-refractivity contribution in [2.75, 3.05) is 7.11 Å². The van der Waals surface area contributed by atoms with Crippen molar-refractivity contribution in [2.45, 2.75) is 9.92 Å². The number of rotatable bonds is 4.